The molecular weight excluding hydrogens is 316 g/mol. The molecule has 2 aromatic carbocycles. The molecule has 0 aliphatic heterocycles. The summed E-state index contributed by atoms with van der Waals surface area (Å²) < 4.78 is 0. The van der Waals surface area contributed by atoms with Crippen molar-refractivity contribution >= 4 is 33.8 Å². The predicted molar refractivity (Wildman–Crippen MR) is 105 cm³/mol. The Kier molecular flexibility index (Phi) is 5.17. The minimum absolute atomic E-state index is 0.0520. The van der Waals surface area contributed by atoms with E-state index in [9.17, 15) is 5.11 Å². The van der Waals surface area contributed by atoms with Gasteiger partial charge in [0.05, 0.1) is 12.1 Å². The summed E-state index contributed by atoms with van der Waals surface area (Å²) in [4.78, 5) is 2.00. The van der Waals surface area contributed by atoms with Gasteiger partial charge < -0.3 is 15.3 Å². The molecule has 1 saturated carbocycles. The number of nitrogens with zero attached hydrogens (tertiary/aromatic N) is 1. The zero-order valence-corrected chi connectivity index (χ0v) is 14.8. The molecule has 0 bridgehead atoms. The Morgan fingerprint density at radius 3 is 2.75 bits per heavy atom. The summed E-state index contributed by atoms with van der Waals surface area (Å²) in [7, 11) is 1.96. The largest absolute Gasteiger partial charge is 0.391 e. The Morgan fingerprint density at radius 1 is 1.25 bits per heavy atom. The van der Waals surface area contributed by atoms with Crippen molar-refractivity contribution in [3.8, 4) is 0 Å². The van der Waals surface area contributed by atoms with Gasteiger partial charge in [-0.3, -0.25) is 0 Å². The van der Waals surface area contributed by atoms with E-state index in [4.69, 9.17) is 12.2 Å². The number of aliphatic hydroxyl groups is 1. The number of likely N-dealkylation sites (N-methyl/N-ethyl adjacent to an activating group) is 1. The molecule has 0 radical (unpaired) electrons. The SMILES string of the molecule is C=CC1CCC(N(C)C(=S)Nc2cccc3ccccc23)C(O)C1. The van der Waals surface area contributed by atoms with E-state index in [-0.39, 0.29) is 12.1 Å². The van der Waals surface area contributed by atoms with Gasteiger partial charge in [0, 0.05) is 18.1 Å². The maximum absolute atomic E-state index is 10.5. The van der Waals surface area contributed by atoms with E-state index in [0.29, 0.717) is 11.0 Å². The van der Waals surface area contributed by atoms with Gasteiger partial charge in [-0.1, -0.05) is 42.5 Å². The second-order valence-electron chi connectivity index (χ2n) is 6.51. The van der Waals surface area contributed by atoms with E-state index in [2.05, 4.69) is 30.1 Å². The molecule has 2 aromatic rings. The van der Waals surface area contributed by atoms with E-state index >= 15 is 0 Å². The van der Waals surface area contributed by atoms with Gasteiger partial charge in [-0.15, -0.1) is 6.58 Å². The van der Waals surface area contributed by atoms with Crippen molar-refractivity contribution in [2.24, 2.45) is 5.92 Å². The first-order chi connectivity index (χ1) is 11.6. The minimum Gasteiger partial charge on any atom is -0.391 e. The molecule has 3 atom stereocenters. The average molecular weight is 340 g/mol. The third-order valence-electron chi connectivity index (χ3n) is 5.00. The number of nitrogens with one attached hydrogen (secondary N) is 1. The Bertz CT molecular complexity index is 740. The average Bonchev–Trinajstić information content (AvgIpc) is 2.61. The molecule has 3 nitrogen and oxygen atoms in total. The van der Waals surface area contributed by atoms with Crippen molar-refractivity contribution in [1.29, 1.82) is 0 Å². The number of benzene rings is 2. The number of rotatable bonds is 3. The summed E-state index contributed by atoms with van der Waals surface area (Å²) >= 11 is 5.60. The molecule has 1 aliphatic carbocycles. The second-order valence-corrected chi connectivity index (χ2v) is 6.90. The number of allylic oxidation sites excluding steroid dienone is 1. The van der Waals surface area contributed by atoms with E-state index in [0.717, 1.165) is 30.3 Å². The molecule has 2 N–H and O–H groups in total. The van der Waals surface area contributed by atoms with Crippen molar-refractivity contribution in [3.63, 3.8) is 0 Å². The smallest absolute Gasteiger partial charge is 0.173 e. The third kappa shape index (κ3) is 3.45. The number of hydrogen-bond donors (Lipinski definition) is 2. The third-order valence-corrected chi connectivity index (χ3v) is 5.39. The fourth-order valence-corrected chi connectivity index (χ4v) is 3.76. The molecule has 4 heteroatoms. The Hall–Kier alpha value is -1.91. The fourth-order valence-electron chi connectivity index (χ4n) is 3.52. The number of anilines is 1. The van der Waals surface area contributed by atoms with Crippen LogP contribution in [0.2, 0.25) is 0 Å². The molecule has 1 aliphatic rings. The zero-order chi connectivity index (χ0) is 17.1. The Labute approximate surface area is 149 Å². The first-order valence-corrected chi connectivity index (χ1v) is 8.83. The molecule has 3 rings (SSSR count). The van der Waals surface area contributed by atoms with Gasteiger partial charge in [0.1, 0.15) is 0 Å². The summed E-state index contributed by atoms with van der Waals surface area (Å²) in [5.74, 6) is 0.407. The lowest BCUT2D eigenvalue weighted by molar-refractivity contribution is 0.0466. The van der Waals surface area contributed by atoms with Crippen LogP contribution in [0.5, 0.6) is 0 Å². The van der Waals surface area contributed by atoms with E-state index in [1.807, 2.05) is 42.3 Å². The lowest BCUT2D eigenvalue weighted by Gasteiger charge is -2.39. The van der Waals surface area contributed by atoms with Crippen LogP contribution in [0, 0.1) is 5.92 Å². The van der Waals surface area contributed by atoms with Gasteiger partial charge in [0.15, 0.2) is 5.11 Å². The van der Waals surface area contributed by atoms with Crippen LogP contribution < -0.4 is 5.32 Å². The molecule has 0 heterocycles. The standard InChI is InChI=1S/C20H24N2OS/c1-3-14-11-12-18(19(23)13-14)22(2)20(24)21-17-10-6-8-15-7-4-5-9-16(15)17/h3-10,14,18-19,23H,1,11-13H2,2H3,(H,21,24). The lowest BCUT2D eigenvalue weighted by Crippen LogP contribution is -2.49. The maximum atomic E-state index is 10.5. The van der Waals surface area contributed by atoms with Crippen molar-refractivity contribution in [1.82, 2.24) is 4.90 Å². The van der Waals surface area contributed by atoms with Crippen LogP contribution in [0.1, 0.15) is 19.3 Å². The van der Waals surface area contributed by atoms with Gasteiger partial charge in [-0.05, 0) is 48.9 Å². The normalized spacial score (nSPS) is 23.7. The van der Waals surface area contributed by atoms with Gasteiger partial charge in [-0.25, -0.2) is 0 Å². The highest BCUT2D eigenvalue weighted by atomic mass is 32.1. The van der Waals surface area contributed by atoms with Crippen molar-refractivity contribution in [3.05, 3.63) is 55.1 Å². The van der Waals surface area contributed by atoms with Crippen molar-refractivity contribution in [2.45, 2.75) is 31.4 Å². The van der Waals surface area contributed by atoms with Gasteiger partial charge in [-0.2, -0.15) is 0 Å². The Balaban J connectivity index is 1.73. The van der Waals surface area contributed by atoms with Crippen LogP contribution in [-0.2, 0) is 0 Å². The van der Waals surface area contributed by atoms with Crippen LogP contribution >= 0.6 is 12.2 Å². The van der Waals surface area contributed by atoms with Crippen LogP contribution in [0.25, 0.3) is 10.8 Å². The van der Waals surface area contributed by atoms with Gasteiger partial charge in [0.2, 0.25) is 0 Å². The highest BCUT2D eigenvalue weighted by Gasteiger charge is 2.31. The monoisotopic (exact) mass is 340 g/mol. The fraction of sp³-hybridized carbons (Fsp3) is 0.350. The number of thiocarbonyl (C=S) groups is 1. The first kappa shape index (κ1) is 16.9. The summed E-state index contributed by atoms with van der Waals surface area (Å²) in [5.41, 5.74) is 0.999. The van der Waals surface area contributed by atoms with Crippen LogP contribution in [-0.4, -0.2) is 34.3 Å². The van der Waals surface area contributed by atoms with Crippen LogP contribution in [0.3, 0.4) is 0 Å². The lowest BCUT2D eigenvalue weighted by atomic mass is 9.83. The summed E-state index contributed by atoms with van der Waals surface area (Å²) in [6.45, 7) is 3.85. The number of fused-ring (bicyclic) bond motifs is 1. The molecule has 0 spiro atoms. The summed E-state index contributed by atoms with van der Waals surface area (Å²) in [6.07, 6.45) is 4.30. The highest BCUT2D eigenvalue weighted by Crippen LogP contribution is 2.29. The topological polar surface area (TPSA) is 35.5 Å². The van der Waals surface area contributed by atoms with E-state index < -0.39 is 0 Å². The summed E-state index contributed by atoms with van der Waals surface area (Å²) in [5, 5.41) is 16.8. The quantitative estimate of drug-likeness (QED) is 0.649. The second kappa shape index (κ2) is 7.32. The van der Waals surface area contributed by atoms with Crippen molar-refractivity contribution in [2.75, 3.05) is 12.4 Å². The molecule has 0 saturated heterocycles. The molecule has 0 aromatic heterocycles. The molecule has 126 valence electrons. The predicted octanol–water partition coefficient (Wildman–Crippen LogP) is 4.18. The molecule has 0 amide bonds. The molecule has 3 unspecified atom stereocenters. The zero-order valence-electron chi connectivity index (χ0n) is 14.0. The molecule has 1 fully saturated rings. The maximum Gasteiger partial charge on any atom is 0.173 e. The number of hydrogen-bond acceptors (Lipinski definition) is 2. The van der Waals surface area contributed by atoms with Crippen LogP contribution in [0.4, 0.5) is 5.69 Å². The van der Waals surface area contributed by atoms with Gasteiger partial charge in [0.25, 0.3) is 0 Å². The van der Waals surface area contributed by atoms with E-state index in [1.165, 1.54) is 5.39 Å². The number of aliphatic hydroxyl groups excluding tert-OH is 1. The highest BCUT2D eigenvalue weighted by molar-refractivity contribution is 7.80. The van der Waals surface area contributed by atoms with Crippen LogP contribution in [0.15, 0.2) is 55.1 Å². The molecule has 24 heavy (non-hydrogen) atoms. The Morgan fingerprint density at radius 2 is 2.00 bits per heavy atom. The molecular formula is C20H24N2OS. The van der Waals surface area contributed by atoms with Crippen molar-refractivity contribution < 1.29 is 5.11 Å². The summed E-state index contributed by atoms with van der Waals surface area (Å²) in [6, 6.07) is 14.4. The first-order valence-electron chi connectivity index (χ1n) is 8.42. The van der Waals surface area contributed by atoms with E-state index in [1.54, 1.807) is 0 Å². The minimum atomic E-state index is -0.376. The van der Waals surface area contributed by atoms with Gasteiger partial charge >= 0.3 is 0 Å².